The van der Waals surface area contributed by atoms with Gasteiger partial charge in [0, 0.05) is 0 Å². The van der Waals surface area contributed by atoms with Crippen molar-refractivity contribution >= 4 is 0 Å². The van der Waals surface area contributed by atoms with E-state index >= 15 is 0 Å². The molecule has 0 bridgehead atoms. The second-order valence-corrected chi connectivity index (χ2v) is 4.83. The van der Waals surface area contributed by atoms with Crippen LogP contribution in [0.25, 0.3) is 0 Å². The van der Waals surface area contributed by atoms with Gasteiger partial charge in [0.05, 0.1) is 19.9 Å². The van der Waals surface area contributed by atoms with Gasteiger partial charge >= 0.3 is 0 Å². The molecule has 2 aromatic rings. The minimum Gasteiger partial charge on any atom is -0.494 e. The molecule has 6 heteroatoms. The average Bonchev–Trinajstić information content (AvgIpc) is 2.77. The number of methoxy groups -OCH3 is 1. The van der Waals surface area contributed by atoms with E-state index in [0.29, 0.717) is 12.2 Å². The number of rotatable bonds is 4. The van der Waals surface area contributed by atoms with Crippen molar-refractivity contribution in [1.82, 2.24) is 15.0 Å². The normalized spacial score (nSPS) is 11.6. The zero-order chi connectivity index (χ0) is 14.0. The van der Waals surface area contributed by atoms with Crippen LogP contribution in [0.4, 0.5) is 4.39 Å². The summed E-state index contributed by atoms with van der Waals surface area (Å²) in [5, 5.41) is 17.6. The summed E-state index contributed by atoms with van der Waals surface area (Å²) < 4.78 is 19.9. The largest absolute Gasteiger partial charge is 0.494 e. The van der Waals surface area contributed by atoms with E-state index in [2.05, 4.69) is 10.3 Å². The van der Waals surface area contributed by atoms with E-state index in [1.54, 1.807) is 36.9 Å². The van der Waals surface area contributed by atoms with Gasteiger partial charge in [0.2, 0.25) is 0 Å². The Hall–Kier alpha value is -1.95. The van der Waals surface area contributed by atoms with E-state index in [4.69, 9.17) is 4.74 Å². The minimum atomic E-state index is -1.04. The van der Waals surface area contributed by atoms with Crippen molar-refractivity contribution in [3.63, 3.8) is 0 Å². The molecule has 2 rings (SSSR count). The summed E-state index contributed by atoms with van der Waals surface area (Å²) in [6, 6.07) is 4.72. The first-order chi connectivity index (χ1) is 8.90. The molecule has 1 heterocycles. The molecular weight excluding hydrogens is 249 g/mol. The number of ether oxygens (including phenoxy) is 1. The van der Waals surface area contributed by atoms with Gasteiger partial charge in [0.15, 0.2) is 11.6 Å². The smallest absolute Gasteiger partial charge is 0.165 e. The topological polar surface area (TPSA) is 60.2 Å². The quantitative estimate of drug-likeness (QED) is 0.914. The summed E-state index contributed by atoms with van der Waals surface area (Å²) >= 11 is 0. The third-order valence-corrected chi connectivity index (χ3v) is 2.73. The molecule has 0 atom stereocenters. The SMILES string of the molecule is COc1ccc(Cn2cc(C(C)(C)O)nn2)cc1F. The summed E-state index contributed by atoms with van der Waals surface area (Å²) in [6.45, 7) is 3.65. The van der Waals surface area contributed by atoms with E-state index in [9.17, 15) is 9.50 Å². The van der Waals surface area contributed by atoms with Crippen LogP contribution in [0.5, 0.6) is 5.75 Å². The van der Waals surface area contributed by atoms with E-state index in [-0.39, 0.29) is 5.75 Å². The standard InChI is InChI=1S/C13H16FN3O2/c1-13(2,18)12-8-17(16-15-12)7-9-4-5-11(19-3)10(14)6-9/h4-6,8,18H,7H2,1-3H3. The fourth-order valence-corrected chi connectivity index (χ4v) is 1.65. The number of hydrogen-bond donors (Lipinski definition) is 1. The van der Waals surface area contributed by atoms with Crippen LogP contribution < -0.4 is 4.74 Å². The summed E-state index contributed by atoms with van der Waals surface area (Å²) in [5.41, 5.74) is 0.177. The molecular formula is C13H16FN3O2. The predicted molar refractivity (Wildman–Crippen MR) is 67.3 cm³/mol. The highest BCUT2D eigenvalue weighted by molar-refractivity contribution is 5.29. The van der Waals surface area contributed by atoms with Gasteiger partial charge in [-0.25, -0.2) is 9.07 Å². The summed E-state index contributed by atoms with van der Waals surface area (Å²) in [4.78, 5) is 0. The first kappa shape index (κ1) is 13.5. The third-order valence-electron chi connectivity index (χ3n) is 2.73. The highest BCUT2D eigenvalue weighted by Gasteiger charge is 2.20. The fourth-order valence-electron chi connectivity index (χ4n) is 1.65. The van der Waals surface area contributed by atoms with Crippen LogP contribution in [-0.4, -0.2) is 27.2 Å². The molecule has 0 fully saturated rings. The highest BCUT2D eigenvalue weighted by atomic mass is 19.1. The Morgan fingerprint density at radius 3 is 2.68 bits per heavy atom. The van der Waals surface area contributed by atoms with Crippen molar-refractivity contribution in [2.75, 3.05) is 7.11 Å². The molecule has 1 aromatic carbocycles. The zero-order valence-corrected chi connectivity index (χ0v) is 11.1. The monoisotopic (exact) mass is 265 g/mol. The van der Waals surface area contributed by atoms with Crippen molar-refractivity contribution in [2.24, 2.45) is 0 Å². The number of halogens is 1. The molecule has 102 valence electrons. The maximum Gasteiger partial charge on any atom is 0.165 e. The molecule has 0 radical (unpaired) electrons. The third kappa shape index (κ3) is 3.08. The number of nitrogens with zero attached hydrogens (tertiary/aromatic N) is 3. The summed E-state index contributed by atoms with van der Waals surface area (Å²) in [6.07, 6.45) is 1.64. The molecule has 0 aliphatic carbocycles. The van der Waals surface area contributed by atoms with Crippen LogP contribution in [0.2, 0.25) is 0 Å². The Labute approximate surface area is 110 Å². The number of aliphatic hydroxyl groups is 1. The molecule has 1 aromatic heterocycles. The van der Waals surface area contributed by atoms with Crippen LogP contribution in [0.3, 0.4) is 0 Å². The molecule has 1 N–H and O–H groups in total. The van der Waals surface area contributed by atoms with E-state index < -0.39 is 11.4 Å². The highest BCUT2D eigenvalue weighted by Crippen LogP contribution is 2.19. The summed E-state index contributed by atoms with van der Waals surface area (Å²) in [5.74, 6) is -0.206. The molecule has 0 spiro atoms. The van der Waals surface area contributed by atoms with E-state index in [0.717, 1.165) is 5.56 Å². The van der Waals surface area contributed by atoms with Gasteiger partial charge in [-0.1, -0.05) is 11.3 Å². The average molecular weight is 265 g/mol. The predicted octanol–water partition coefficient (Wildman–Crippen LogP) is 1.70. The number of benzene rings is 1. The first-order valence-electron chi connectivity index (χ1n) is 5.85. The zero-order valence-electron chi connectivity index (χ0n) is 11.1. The van der Waals surface area contributed by atoms with Gasteiger partial charge in [-0.05, 0) is 31.5 Å². The Bertz CT molecular complexity index is 576. The molecule has 19 heavy (non-hydrogen) atoms. The Morgan fingerprint density at radius 2 is 2.16 bits per heavy atom. The fraction of sp³-hybridized carbons (Fsp3) is 0.385. The Morgan fingerprint density at radius 1 is 1.42 bits per heavy atom. The van der Waals surface area contributed by atoms with Crippen LogP contribution >= 0.6 is 0 Å². The minimum absolute atomic E-state index is 0.208. The van der Waals surface area contributed by atoms with Crippen LogP contribution in [-0.2, 0) is 12.1 Å². The van der Waals surface area contributed by atoms with Crippen LogP contribution in [0.1, 0.15) is 25.1 Å². The Balaban J connectivity index is 2.17. The lowest BCUT2D eigenvalue weighted by Crippen LogP contribution is -2.15. The van der Waals surface area contributed by atoms with Gasteiger partial charge < -0.3 is 9.84 Å². The van der Waals surface area contributed by atoms with E-state index in [1.807, 2.05) is 0 Å². The lowest BCUT2D eigenvalue weighted by molar-refractivity contribution is 0.0737. The Kier molecular flexibility index (Phi) is 3.53. The molecule has 0 amide bonds. The molecule has 0 aliphatic rings. The van der Waals surface area contributed by atoms with Gasteiger partial charge in [-0.2, -0.15) is 0 Å². The maximum absolute atomic E-state index is 13.5. The van der Waals surface area contributed by atoms with Crippen molar-refractivity contribution in [1.29, 1.82) is 0 Å². The van der Waals surface area contributed by atoms with Gasteiger partial charge in [0.1, 0.15) is 11.3 Å². The first-order valence-corrected chi connectivity index (χ1v) is 5.85. The molecule has 0 unspecified atom stereocenters. The van der Waals surface area contributed by atoms with Crippen LogP contribution in [0, 0.1) is 5.82 Å². The second kappa shape index (κ2) is 4.97. The van der Waals surface area contributed by atoms with Gasteiger partial charge in [0.25, 0.3) is 0 Å². The number of hydrogen-bond acceptors (Lipinski definition) is 4. The van der Waals surface area contributed by atoms with Gasteiger partial charge in [-0.3, -0.25) is 0 Å². The lowest BCUT2D eigenvalue weighted by Gasteiger charge is -2.11. The van der Waals surface area contributed by atoms with E-state index in [1.165, 1.54) is 13.2 Å². The molecule has 0 saturated heterocycles. The lowest BCUT2D eigenvalue weighted by atomic mass is 10.1. The van der Waals surface area contributed by atoms with Crippen LogP contribution in [0.15, 0.2) is 24.4 Å². The molecule has 5 nitrogen and oxygen atoms in total. The molecule has 0 aliphatic heterocycles. The maximum atomic E-state index is 13.5. The van der Waals surface area contributed by atoms with Gasteiger partial charge in [-0.15, -0.1) is 5.10 Å². The number of aromatic nitrogens is 3. The van der Waals surface area contributed by atoms with Crippen molar-refractivity contribution in [2.45, 2.75) is 26.0 Å². The van der Waals surface area contributed by atoms with Crippen molar-refractivity contribution in [3.8, 4) is 5.75 Å². The van der Waals surface area contributed by atoms with Crippen molar-refractivity contribution < 1.29 is 14.2 Å². The second-order valence-electron chi connectivity index (χ2n) is 4.83. The summed E-state index contributed by atoms with van der Waals surface area (Å²) in [7, 11) is 1.42. The van der Waals surface area contributed by atoms with Crippen molar-refractivity contribution in [3.05, 3.63) is 41.5 Å². The molecule has 0 saturated carbocycles.